The van der Waals surface area contributed by atoms with E-state index in [0.29, 0.717) is 18.1 Å². The number of pyridine rings is 1. The summed E-state index contributed by atoms with van der Waals surface area (Å²) in [6.07, 6.45) is 1.08. The lowest BCUT2D eigenvalue weighted by Crippen LogP contribution is -2.18. The molecular weight excluding hydrogens is 250 g/mol. The molecule has 0 bridgehead atoms. The number of hydrogen-bond donors (Lipinski definition) is 1. The van der Waals surface area contributed by atoms with Crippen LogP contribution in [0.25, 0.3) is 0 Å². The number of hydrogen-bond acceptors (Lipinski definition) is 3. The Morgan fingerprint density at radius 1 is 1.10 bits per heavy atom. The number of aromatic nitrogens is 1. The first-order chi connectivity index (χ1) is 9.47. The summed E-state index contributed by atoms with van der Waals surface area (Å²) in [6.45, 7) is 6.47. The molecule has 3 heteroatoms. The van der Waals surface area contributed by atoms with Crippen LogP contribution in [-0.4, -0.2) is 10.1 Å². The highest BCUT2D eigenvalue weighted by molar-refractivity contribution is 5.22. The fraction of sp³-hybridized carbons (Fsp3) is 0.353. The monoisotopic (exact) mass is 271 g/mol. The Morgan fingerprint density at radius 3 is 2.35 bits per heavy atom. The van der Waals surface area contributed by atoms with Crippen molar-refractivity contribution in [2.45, 2.75) is 33.5 Å². The van der Waals surface area contributed by atoms with Crippen LogP contribution in [0.5, 0.6) is 5.75 Å². The summed E-state index contributed by atoms with van der Waals surface area (Å²) >= 11 is 0. The van der Waals surface area contributed by atoms with E-state index < -0.39 is 6.10 Å². The molecule has 20 heavy (non-hydrogen) atoms. The van der Waals surface area contributed by atoms with Gasteiger partial charge in [-0.2, -0.15) is 0 Å². The van der Waals surface area contributed by atoms with Gasteiger partial charge in [0.1, 0.15) is 18.5 Å². The SMILES string of the molecule is CC(C)(C)C(O)c1ccc(OCc2ccccc2)cn1. The third-order valence-corrected chi connectivity index (χ3v) is 3.11. The Bertz CT molecular complexity index is 529. The summed E-state index contributed by atoms with van der Waals surface area (Å²) in [5.41, 5.74) is 1.57. The highest BCUT2D eigenvalue weighted by Crippen LogP contribution is 2.31. The van der Waals surface area contributed by atoms with Crippen molar-refractivity contribution in [1.82, 2.24) is 4.98 Å². The largest absolute Gasteiger partial charge is 0.487 e. The molecule has 106 valence electrons. The second-order valence-corrected chi connectivity index (χ2v) is 5.96. The molecule has 0 fully saturated rings. The van der Waals surface area contributed by atoms with Crippen LogP contribution >= 0.6 is 0 Å². The summed E-state index contributed by atoms with van der Waals surface area (Å²) in [7, 11) is 0. The van der Waals surface area contributed by atoms with Gasteiger partial charge in [0.05, 0.1) is 11.9 Å². The standard InChI is InChI=1S/C17H21NO2/c1-17(2,3)16(19)15-10-9-14(11-18-15)20-12-13-7-5-4-6-8-13/h4-11,16,19H,12H2,1-3H3. The van der Waals surface area contributed by atoms with Crippen molar-refractivity contribution in [3.63, 3.8) is 0 Å². The van der Waals surface area contributed by atoms with Crippen molar-refractivity contribution in [2.75, 3.05) is 0 Å². The minimum atomic E-state index is -0.578. The number of aliphatic hydroxyl groups excluding tert-OH is 1. The summed E-state index contributed by atoms with van der Waals surface area (Å²) in [5.74, 6) is 0.707. The van der Waals surface area contributed by atoms with E-state index >= 15 is 0 Å². The zero-order valence-electron chi connectivity index (χ0n) is 12.2. The molecule has 0 saturated carbocycles. The van der Waals surface area contributed by atoms with Gasteiger partial charge in [-0.1, -0.05) is 51.1 Å². The molecule has 2 aromatic rings. The van der Waals surface area contributed by atoms with Gasteiger partial charge in [0.15, 0.2) is 0 Å². The van der Waals surface area contributed by atoms with Gasteiger partial charge >= 0.3 is 0 Å². The highest BCUT2D eigenvalue weighted by atomic mass is 16.5. The molecule has 0 aliphatic carbocycles. The molecule has 1 aromatic carbocycles. The molecule has 3 nitrogen and oxygen atoms in total. The Hall–Kier alpha value is -1.87. The van der Waals surface area contributed by atoms with Crippen LogP contribution in [0.15, 0.2) is 48.7 Å². The molecule has 1 unspecified atom stereocenters. The maximum absolute atomic E-state index is 10.2. The van der Waals surface area contributed by atoms with Gasteiger partial charge in [-0.3, -0.25) is 4.98 Å². The van der Waals surface area contributed by atoms with Crippen LogP contribution in [0, 0.1) is 5.41 Å². The Balaban J connectivity index is 1.98. The summed E-state index contributed by atoms with van der Waals surface area (Å²) in [6, 6.07) is 13.7. The zero-order valence-corrected chi connectivity index (χ0v) is 12.2. The number of aliphatic hydroxyl groups is 1. The summed E-state index contributed by atoms with van der Waals surface area (Å²) < 4.78 is 5.67. The van der Waals surface area contributed by atoms with Gasteiger partial charge in [0, 0.05) is 0 Å². The number of nitrogens with zero attached hydrogens (tertiary/aromatic N) is 1. The summed E-state index contributed by atoms with van der Waals surface area (Å²) in [5, 5.41) is 10.2. The average molecular weight is 271 g/mol. The van der Waals surface area contributed by atoms with E-state index in [9.17, 15) is 5.11 Å². The first-order valence-corrected chi connectivity index (χ1v) is 6.77. The first kappa shape index (κ1) is 14.5. The molecule has 0 spiro atoms. The molecular formula is C17H21NO2. The van der Waals surface area contributed by atoms with E-state index in [1.807, 2.05) is 63.2 Å². The van der Waals surface area contributed by atoms with Crippen LogP contribution in [0.2, 0.25) is 0 Å². The molecule has 2 rings (SSSR count). The Labute approximate surface area is 120 Å². The third kappa shape index (κ3) is 3.81. The smallest absolute Gasteiger partial charge is 0.138 e. The van der Waals surface area contributed by atoms with Crippen molar-refractivity contribution >= 4 is 0 Å². The Morgan fingerprint density at radius 2 is 1.80 bits per heavy atom. The summed E-state index contributed by atoms with van der Waals surface area (Å²) in [4.78, 5) is 4.28. The van der Waals surface area contributed by atoms with Crippen LogP contribution < -0.4 is 4.74 Å². The lowest BCUT2D eigenvalue weighted by Gasteiger charge is -2.25. The van der Waals surface area contributed by atoms with Gasteiger partial charge in [-0.15, -0.1) is 0 Å². The van der Waals surface area contributed by atoms with Crippen LogP contribution in [0.1, 0.15) is 38.1 Å². The van der Waals surface area contributed by atoms with Crippen molar-refractivity contribution in [3.8, 4) is 5.75 Å². The van der Waals surface area contributed by atoms with E-state index in [1.54, 1.807) is 6.20 Å². The average Bonchev–Trinajstić information content (AvgIpc) is 2.45. The first-order valence-electron chi connectivity index (χ1n) is 6.77. The van der Waals surface area contributed by atoms with Gasteiger partial charge in [0.25, 0.3) is 0 Å². The predicted molar refractivity (Wildman–Crippen MR) is 79.4 cm³/mol. The van der Waals surface area contributed by atoms with Gasteiger partial charge in [-0.25, -0.2) is 0 Å². The van der Waals surface area contributed by atoms with Gasteiger partial charge in [-0.05, 0) is 23.1 Å². The van der Waals surface area contributed by atoms with Crippen molar-refractivity contribution < 1.29 is 9.84 Å². The second-order valence-electron chi connectivity index (χ2n) is 5.96. The van der Waals surface area contributed by atoms with Crippen LogP contribution in [-0.2, 0) is 6.61 Å². The quantitative estimate of drug-likeness (QED) is 0.921. The van der Waals surface area contributed by atoms with E-state index in [2.05, 4.69) is 4.98 Å². The molecule has 0 aliphatic heterocycles. The molecule has 0 amide bonds. The fourth-order valence-electron chi connectivity index (χ4n) is 1.82. The molecule has 1 atom stereocenters. The topological polar surface area (TPSA) is 42.4 Å². The normalized spacial score (nSPS) is 13.0. The van der Waals surface area contributed by atoms with E-state index in [1.165, 1.54) is 0 Å². The minimum absolute atomic E-state index is 0.223. The maximum Gasteiger partial charge on any atom is 0.138 e. The van der Waals surface area contributed by atoms with Crippen molar-refractivity contribution in [2.24, 2.45) is 5.41 Å². The van der Waals surface area contributed by atoms with Crippen molar-refractivity contribution in [1.29, 1.82) is 0 Å². The number of benzene rings is 1. The molecule has 1 N–H and O–H groups in total. The lowest BCUT2D eigenvalue weighted by atomic mass is 9.87. The molecule has 1 heterocycles. The lowest BCUT2D eigenvalue weighted by molar-refractivity contribution is 0.0588. The number of ether oxygens (including phenoxy) is 1. The molecule has 1 aromatic heterocycles. The van der Waals surface area contributed by atoms with Crippen LogP contribution in [0.4, 0.5) is 0 Å². The number of rotatable bonds is 4. The van der Waals surface area contributed by atoms with E-state index in [-0.39, 0.29) is 5.41 Å². The van der Waals surface area contributed by atoms with Crippen molar-refractivity contribution in [3.05, 3.63) is 59.9 Å². The molecule has 0 saturated heterocycles. The zero-order chi connectivity index (χ0) is 14.6. The van der Waals surface area contributed by atoms with Crippen LogP contribution in [0.3, 0.4) is 0 Å². The predicted octanol–water partition coefficient (Wildman–Crippen LogP) is 3.74. The molecule has 0 aliphatic rings. The van der Waals surface area contributed by atoms with E-state index in [4.69, 9.17) is 4.74 Å². The minimum Gasteiger partial charge on any atom is -0.487 e. The molecule has 0 radical (unpaired) electrons. The van der Waals surface area contributed by atoms with Gasteiger partial charge in [0.2, 0.25) is 0 Å². The Kier molecular flexibility index (Phi) is 4.40. The van der Waals surface area contributed by atoms with Gasteiger partial charge < -0.3 is 9.84 Å². The second kappa shape index (κ2) is 6.06. The highest BCUT2D eigenvalue weighted by Gasteiger charge is 2.24. The van der Waals surface area contributed by atoms with E-state index in [0.717, 1.165) is 5.56 Å². The third-order valence-electron chi connectivity index (χ3n) is 3.11. The maximum atomic E-state index is 10.2. The fourth-order valence-corrected chi connectivity index (χ4v) is 1.82.